The van der Waals surface area contributed by atoms with E-state index in [-0.39, 0.29) is 10.6 Å². The molecule has 8 nitrogen and oxygen atoms in total. The van der Waals surface area contributed by atoms with Crippen molar-refractivity contribution < 1.29 is 13.3 Å². The van der Waals surface area contributed by atoms with Crippen molar-refractivity contribution >= 4 is 15.7 Å². The van der Waals surface area contributed by atoms with Crippen LogP contribution in [0.5, 0.6) is 0 Å². The predicted octanol–water partition coefficient (Wildman–Crippen LogP) is 2.40. The van der Waals surface area contributed by atoms with E-state index in [4.69, 9.17) is 0 Å². The van der Waals surface area contributed by atoms with Crippen LogP contribution >= 0.6 is 0 Å². The van der Waals surface area contributed by atoms with Crippen LogP contribution in [0.3, 0.4) is 0 Å². The number of benzene rings is 2. The summed E-state index contributed by atoms with van der Waals surface area (Å²) in [6.07, 6.45) is 3.32. The summed E-state index contributed by atoms with van der Waals surface area (Å²) in [6.45, 7) is 0. The normalized spacial score (nSPS) is 12.7. The first kappa shape index (κ1) is 17.8. The molecule has 26 heavy (non-hydrogen) atoms. The molecule has 1 aromatic heterocycles. The second kappa shape index (κ2) is 7.06. The van der Waals surface area contributed by atoms with Crippen LogP contribution in [-0.4, -0.2) is 22.9 Å². The molecule has 1 atom stereocenters. The quantitative estimate of drug-likeness (QED) is 0.528. The molecular formula is C17H16N4O4S. The number of nitrogens with one attached hydrogen (secondary N) is 1. The average Bonchev–Trinajstić information content (AvgIpc) is 3.06. The van der Waals surface area contributed by atoms with Crippen LogP contribution in [0.1, 0.15) is 17.4 Å². The van der Waals surface area contributed by atoms with E-state index in [1.807, 2.05) is 18.2 Å². The van der Waals surface area contributed by atoms with Crippen molar-refractivity contribution in [3.8, 4) is 0 Å². The molecule has 0 radical (unpaired) electrons. The van der Waals surface area contributed by atoms with Gasteiger partial charge in [0.1, 0.15) is 11.9 Å². The average molecular weight is 372 g/mol. The van der Waals surface area contributed by atoms with Crippen molar-refractivity contribution in [3.63, 3.8) is 0 Å². The molecule has 0 bridgehead atoms. The molecule has 0 unspecified atom stereocenters. The topological polar surface area (TPSA) is 107 Å². The highest BCUT2D eigenvalue weighted by atomic mass is 32.2. The fourth-order valence-corrected chi connectivity index (χ4v) is 3.72. The third-order valence-electron chi connectivity index (χ3n) is 3.88. The van der Waals surface area contributed by atoms with Gasteiger partial charge in [-0.1, -0.05) is 30.3 Å². The van der Waals surface area contributed by atoms with Crippen molar-refractivity contribution in [2.45, 2.75) is 10.9 Å². The molecule has 0 spiro atoms. The maximum Gasteiger partial charge on any atom is 0.269 e. The van der Waals surface area contributed by atoms with Gasteiger partial charge in [-0.3, -0.25) is 10.1 Å². The molecule has 0 aliphatic rings. The summed E-state index contributed by atoms with van der Waals surface area (Å²) in [6, 6.07) is 13.1. The van der Waals surface area contributed by atoms with E-state index in [1.165, 1.54) is 12.1 Å². The Labute approximate surface area is 150 Å². The second-order valence-electron chi connectivity index (χ2n) is 5.61. The van der Waals surface area contributed by atoms with Gasteiger partial charge in [-0.25, -0.2) is 13.4 Å². The van der Waals surface area contributed by atoms with E-state index in [0.29, 0.717) is 5.82 Å². The maximum absolute atomic E-state index is 12.8. The van der Waals surface area contributed by atoms with Crippen molar-refractivity contribution in [3.05, 3.63) is 88.5 Å². The smallest absolute Gasteiger partial charge is 0.269 e. The van der Waals surface area contributed by atoms with Gasteiger partial charge in [-0.05, 0) is 17.7 Å². The number of rotatable bonds is 6. The van der Waals surface area contributed by atoms with Crippen molar-refractivity contribution in [1.82, 2.24) is 14.3 Å². The predicted molar refractivity (Wildman–Crippen MR) is 94.9 cm³/mol. The van der Waals surface area contributed by atoms with Gasteiger partial charge in [0.2, 0.25) is 10.0 Å². The Bertz CT molecular complexity index is 1010. The number of sulfonamides is 1. The Morgan fingerprint density at radius 3 is 2.31 bits per heavy atom. The van der Waals surface area contributed by atoms with Crippen LogP contribution in [0, 0.1) is 10.1 Å². The molecule has 0 aliphatic heterocycles. The third-order valence-corrected chi connectivity index (χ3v) is 5.32. The Morgan fingerprint density at radius 1 is 1.12 bits per heavy atom. The van der Waals surface area contributed by atoms with Gasteiger partial charge >= 0.3 is 0 Å². The summed E-state index contributed by atoms with van der Waals surface area (Å²) < 4.78 is 29.9. The molecule has 0 amide bonds. The Balaban J connectivity index is 1.98. The summed E-state index contributed by atoms with van der Waals surface area (Å²) >= 11 is 0. The van der Waals surface area contributed by atoms with Crippen molar-refractivity contribution in [2.24, 2.45) is 7.05 Å². The van der Waals surface area contributed by atoms with Gasteiger partial charge < -0.3 is 4.57 Å². The molecular weight excluding hydrogens is 356 g/mol. The highest BCUT2D eigenvalue weighted by Gasteiger charge is 2.26. The molecule has 1 N–H and O–H groups in total. The maximum atomic E-state index is 12.8. The van der Waals surface area contributed by atoms with Gasteiger partial charge in [0, 0.05) is 31.6 Å². The minimum atomic E-state index is -3.92. The minimum absolute atomic E-state index is 0.0572. The Morgan fingerprint density at radius 2 is 1.77 bits per heavy atom. The van der Waals surface area contributed by atoms with Crippen LogP contribution in [0.15, 0.2) is 71.9 Å². The van der Waals surface area contributed by atoms with Crippen LogP contribution < -0.4 is 4.72 Å². The summed E-state index contributed by atoms with van der Waals surface area (Å²) in [4.78, 5) is 14.4. The first-order chi connectivity index (χ1) is 12.4. The standard InChI is InChI=1S/C17H16N4O4S/c1-20-12-11-18-17(20)16(13-5-3-2-4-6-13)19-26(24,25)15-9-7-14(8-10-15)21(22)23/h2-12,16,19H,1H3/t16-/m0/s1. The van der Waals surface area contributed by atoms with Crippen LogP contribution in [0.2, 0.25) is 0 Å². The molecule has 134 valence electrons. The van der Waals surface area contributed by atoms with Gasteiger partial charge in [0.25, 0.3) is 5.69 Å². The highest BCUT2D eigenvalue weighted by molar-refractivity contribution is 7.89. The summed E-state index contributed by atoms with van der Waals surface area (Å²) in [5.41, 5.74) is 0.556. The van der Waals surface area contributed by atoms with Gasteiger partial charge in [0.05, 0.1) is 9.82 Å². The first-order valence-corrected chi connectivity index (χ1v) is 9.16. The van der Waals surface area contributed by atoms with E-state index in [2.05, 4.69) is 9.71 Å². The Hall–Kier alpha value is -3.04. The SMILES string of the molecule is Cn1ccnc1[C@@H](NS(=O)(=O)c1ccc([N+](=O)[O-])cc1)c1ccccc1. The zero-order valence-electron chi connectivity index (χ0n) is 13.8. The molecule has 0 saturated carbocycles. The molecule has 0 aliphatic carbocycles. The highest BCUT2D eigenvalue weighted by Crippen LogP contribution is 2.24. The number of hydrogen-bond donors (Lipinski definition) is 1. The molecule has 0 fully saturated rings. The van der Waals surface area contributed by atoms with Crippen LogP contribution in [0.4, 0.5) is 5.69 Å². The van der Waals surface area contributed by atoms with Gasteiger partial charge in [-0.15, -0.1) is 0 Å². The number of nitro groups is 1. The molecule has 3 rings (SSSR count). The van der Waals surface area contributed by atoms with E-state index < -0.39 is 21.0 Å². The monoisotopic (exact) mass is 372 g/mol. The molecule has 0 saturated heterocycles. The van der Waals surface area contributed by atoms with E-state index in [9.17, 15) is 18.5 Å². The van der Waals surface area contributed by atoms with Gasteiger partial charge in [0.15, 0.2) is 0 Å². The number of aromatic nitrogens is 2. The largest absolute Gasteiger partial charge is 0.336 e. The summed E-state index contributed by atoms with van der Waals surface area (Å²) in [7, 11) is -2.14. The van der Waals surface area contributed by atoms with E-state index in [1.54, 1.807) is 36.1 Å². The lowest BCUT2D eigenvalue weighted by atomic mass is 10.1. The summed E-state index contributed by atoms with van der Waals surface area (Å²) in [5.74, 6) is 0.529. The van der Waals surface area contributed by atoms with E-state index >= 15 is 0 Å². The molecule has 3 aromatic rings. The van der Waals surface area contributed by atoms with Crippen molar-refractivity contribution in [1.29, 1.82) is 0 Å². The van der Waals surface area contributed by atoms with E-state index in [0.717, 1.165) is 17.7 Å². The van der Waals surface area contributed by atoms with Crippen molar-refractivity contribution in [2.75, 3.05) is 0 Å². The lowest BCUT2D eigenvalue weighted by Crippen LogP contribution is -2.31. The van der Waals surface area contributed by atoms with Gasteiger partial charge in [-0.2, -0.15) is 4.72 Å². The fraction of sp³-hybridized carbons (Fsp3) is 0.118. The Kier molecular flexibility index (Phi) is 4.83. The molecule has 1 heterocycles. The third kappa shape index (κ3) is 3.63. The first-order valence-electron chi connectivity index (χ1n) is 7.67. The second-order valence-corrected chi connectivity index (χ2v) is 7.33. The number of imidazole rings is 1. The number of hydrogen-bond acceptors (Lipinski definition) is 5. The minimum Gasteiger partial charge on any atom is -0.336 e. The lowest BCUT2D eigenvalue weighted by molar-refractivity contribution is -0.384. The number of nitro benzene ring substituents is 1. The summed E-state index contributed by atoms with van der Waals surface area (Å²) in [5, 5.41) is 10.7. The van der Waals surface area contributed by atoms with Crippen LogP contribution in [-0.2, 0) is 17.1 Å². The zero-order chi connectivity index (χ0) is 18.7. The number of aryl methyl sites for hydroxylation is 1. The lowest BCUT2D eigenvalue weighted by Gasteiger charge is -2.19. The van der Waals surface area contributed by atoms with Crippen LogP contribution in [0.25, 0.3) is 0 Å². The number of non-ortho nitro benzene ring substituents is 1. The number of nitrogens with zero attached hydrogens (tertiary/aromatic N) is 3. The fourth-order valence-electron chi connectivity index (χ4n) is 2.54. The zero-order valence-corrected chi connectivity index (χ0v) is 14.6. The molecule has 9 heteroatoms. The molecule has 2 aromatic carbocycles.